The summed E-state index contributed by atoms with van der Waals surface area (Å²) in [5.41, 5.74) is 0.684. The second kappa shape index (κ2) is 7.14. The molecule has 1 aliphatic rings. The van der Waals surface area contributed by atoms with Crippen molar-refractivity contribution in [3.05, 3.63) is 44.3 Å². The molecule has 1 fully saturated rings. The molecule has 1 N–H and O–H groups in total. The molecule has 0 unspecified atom stereocenters. The molecule has 0 radical (unpaired) electrons. The van der Waals surface area contributed by atoms with E-state index in [0.717, 1.165) is 11.3 Å². The number of hydrogen-bond donors (Lipinski definition) is 1. The summed E-state index contributed by atoms with van der Waals surface area (Å²) in [5, 5.41) is 12.7. The molecule has 2 aromatic heterocycles. The van der Waals surface area contributed by atoms with Crippen molar-refractivity contribution in [2.75, 3.05) is 26.2 Å². The number of aromatic carboxylic acids is 1. The molecule has 1 saturated heterocycles. The summed E-state index contributed by atoms with van der Waals surface area (Å²) in [6, 6.07) is 4.81. The van der Waals surface area contributed by atoms with E-state index in [4.69, 9.17) is 5.11 Å². The van der Waals surface area contributed by atoms with Crippen LogP contribution < -0.4 is 0 Å². The molecule has 3 rings (SSSR count). The van der Waals surface area contributed by atoms with Gasteiger partial charge in [-0.05, 0) is 30.0 Å². The van der Waals surface area contributed by atoms with Crippen LogP contribution in [0.1, 0.15) is 36.1 Å². The molecular weight excluding hydrogens is 348 g/mol. The molecule has 6 nitrogen and oxygen atoms in total. The Bertz CT molecular complexity index is 754. The first-order chi connectivity index (χ1) is 11.6. The van der Waals surface area contributed by atoms with E-state index in [1.165, 1.54) is 17.4 Å². The van der Waals surface area contributed by atoms with Crippen LogP contribution in [0.2, 0.25) is 0 Å². The number of rotatable bonds is 3. The second-order valence-corrected chi connectivity index (χ2v) is 7.28. The normalized spacial score (nSPS) is 15.2. The van der Waals surface area contributed by atoms with Crippen molar-refractivity contribution >= 4 is 40.5 Å². The predicted molar refractivity (Wildman–Crippen MR) is 92.0 cm³/mol. The van der Waals surface area contributed by atoms with Gasteiger partial charge in [0.2, 0.25) is 0 Å². The van der Waals surface area contributed by atoms with Crippen LogP contribution in [-0.2, 0) is 0 Å². The largest absolute Gasteiger partial charge is 0.477 e. The van der Waals surface area contributed by atoms with Crippen molar-refractivity contribution in [1.82, 2.24) is 9.80 Å². The number of thiophene rings is 2. The number of nitrogens with zero attached hydrogens (tertiary/aromatic N) is 2. The van der Waals surface area contributed by atoms with E-state index in [2.05, 4.69) is 0 Å². The Morgan fingerprint density at radius 2 is 1.58 bits per heavy atom. The lowest BCUT2D eigenvalue weighted by molar-refractivity contribution is 0.0701. The third-order valence-corrected chi connectivity index (χ3v) is 5.61. The van der Waals surface area contributed by atoms with Gasteiger partial charge in [0, 0.05) is 31.6 Å². The fourth-order valence-electron chi connectivity index (χ4n) is 2.62. The Balaban J connectivity index is 1.65. The lowest BCUT2D eigenvalue weighted by Crippen LogP contribution is -2.37. The Kier molecular flexibility index (Phi) is 4.96. The molecule has 2 aromatic rings. The SMILES string of the molecule is O=C(O)c1ccc(C(=O)N2CCCN(C(=O)c3ccsc3)CC2)s1. The van der Waals surface area contributed by atoms with Crippen molar-refractivity contribution in [2.24, 2.45) is 0 Å². The number of carboxylic acids is 1. The minimum atomic E-state index is -1.03. The van der Waals surface area contributed by atoms with Crippen LogP contribution in [0.15, 0.2) is 29.0 Å². The van der Waals surface area contributed by atoms with Crippen molar-refractivity contribution in [1.29, 1.82) is 0 Å². The molecule has 8 heteroatoms. The van der Waals surface area contributed by atoms with Gasteiger partial charge in [0.1, 0.15) is 4.88 Å². The average Bonchev–Trinajstić information content (AvgIpc) is 3.21. The molecule has 0 spiro atoms. The quantitative estimate of drug-likeness (QED) is 0.908. The number of hydrogen-bond acceptors (Lipinski definition) is 5. The first kappa shape index (κ1) is 16.7. The highest BCUT2D eigenvalue weighted by Gasteiger charge is 2.24. The number of carbonyl (C=O) groups excluding carboxylic acids is 2. The summed E-state index contributed by atoms with van der Waals surface area (Å²) in [7, 11) is 0. The first-order valence-corrected chi connectivity index (χ1v) is 9.26. The fourth-order valence-corrected chi connectivity index (χ4v) is 4.06. The molecular formula is C16H16N2O4S2. The van der Waals surface area contributed by atoms with E-state index in [1.54, 1.807) is 21.9 Å². The highest BCUT2D eigenvalue weighted by Crippen LogP contribution is 2.20. The van der Waals surface area contributed by atoms with E-state index in [1.807, 2.05) is 10.8 Å². The Morgan fingerprint density at radius 3 is 2.17 bits per heavy atom. The van der Waals surface area contributed by atoms with Crippen molar-refractivity contribution in [3.63, 3.8) is 0 Å². The van der Waals surface area contributed by atoms with E-state index >= 15 is 0 Å². The summed E-state index contributed by atoms with van der Waals surface area (Å²) in [5.74, 6) is -1.20. The van der Waals surface area contributed by atoms with E-state index in [9.17, 15) is 14.4 Å². The third-order valence-electron chi connectivity index (χ3n) is 3.87. The first-order valence-electron chi connectivity index (χ1n) is 7.50. The van der Waals surface area contributed by atoms with Gasteiger partial charge in [-0.15, -0.1) is 11.3 Å². The number of amides is 2. The maximum absolute atomic E-state index is 12.5. The molecule has 0 bridgehead atoms. The number of carboxylic acid groups (broad SMARTS) is 1. The summed E-state index contributed by atoms with van der Waals surface area (Å²) in [4.78, 5) is 39.9. The predicted octanol–water partition coefficient (Wildman–Crippen LogP) is 2.50. The van der Waals surface area contributed by atoms with E-state index < -0.39 is 5.97 Å². The zero-order valence-corrected chi connectivity index (χ0v) is 14.4. The zero-order valence-electron chi connectivity index (χ0n) is 12.8. The van der Waals surface area contributed by atoms with Gasteiger partial charge in [-0.1, -0.05) is 0 Å². The Labute approximate surface area is 146 Å². The van der Waals surface area contributed by atoms with Crippen LogP contribution >= 0.6 is 22.7 Å². The fraction of sp³-hybridized carbons (Fsp3) is 0.312. The summed E-state index contributed by atoms with van der Waals surface area (Å²) >= 11 is 2.47. The zero-order chi connectivity index (χ0) is 17.1. The third kappa shape index (κ3) is 3.49. The standard InChI is InChI=1S/C16H16N2O4S2/c19-14(11-4-9-23-10-11)17-5-1-6-18(8-7-17)15(20)12-2-3-13(24-12)16(21)22/h2-4,9-10H,1,5-8H2,(H,21,22). The monoisotopic (exact) mass is 364 g/mol. The summed E-state index contributed by atoms with van der Waals surface area (Å²) in [6.45, 7) is 2.11. The van der Waals surface area contributed by atoms with Crippen LogP contribution in [0.5, 0.6) is 0 Å². The molecule has 24 heavy (non-hydrogen) atoms. The maximum Gasteiger partial charge on any atom is 0.345 e. The van der Waals surface area contributed by atoms with Gasteiger partial charge in [-0.2, -0.15) is 11.3 Å². The van der Waals surface area contributed by atoms with Gasteiger partial charge in [-0.25, -0.2) is 4.79 Å². The Morgan fingerprint density at radius 1 is 0.917 bits per heavy atom. The van der Waals surface area contributed by atoms with Gasteiger partial charge < -0.3 is 14.9 Å². The highest BCUT2D eigenvalue weighted by molar-refractivity contribution is 7.15. The minimum absolute atomic E-state index is 0.00478. The van der Waals surface area contributed by atoms with Gasteiger partial charge in [0.15, 0.2) is 0 Å². The Hall–Kier alpha value is -2.19. The molecule has 0 saturated carbocycles. The molecule has 0 aliphatic carbocycles. The van der Waals surface area contributed by atoms with Gasteiger partial charge >= 0.3 is 5.97 Å². The summed E-state index contributed by atoms with van der Waals surface area (Å²) < 4.78 is 0. The van der Waals surface area contributed by atoms with Crippen molar-refractivity contribution < 1.29 is 19.5 Å². The lowest BCUT2D eigenvalue weighted by Gasteiger charge is -2.21. The van der Waals surface area contributed by atoms with E-state index in [-0.39, 0.29) is 16.7 Å². The molecule has 1 aliphatic heterocycles. The maximum atomic E-state index is 12.5. The molecule has 0 aromatic carbocycles. The smallest absolute Gasteiger partial charge is 0.345 e. The van der Waals surface area contributed by atoms with Gasteiger partial charge in [0.05, 0.1) is 10.4 Å². The second-order valence-electron chi connectivity index (χ2n) is 5.42. The van der Waals surface area contributed by atoms with Crippen molar-refractivity contribution in [2.45, 2.75) is 6.42 Å². The van der Waals surface area contributed by atoms with Crippen LogP contribution in [0.25, 0.3) is 0 Å². The van der Waals surface area contributed by atoms with Gasteiger partial charge in [0.25, 0.3) is 11.8 Å². The lowest BCUT2D eigenvalue weighted by atomic mass is 10.3. The van der Waals surface area contributed by atoms with Crippen LogP contribution in [0.4, 0.5) is 0 Å². The average molecular weight is 364 g/mol. The number of carbonyl (C=O) groups is 3. The van der Waals surface area contributed by atoms with Crippen LogP contribution in [0, 0.1) is 0 Å². The molecule has 2 amide bonds. The van der Waals surface area contributed by atoms with E-state index in [0.29, 0.717) is 43.0 Å². The molecule has 0 atom stereocenters. The summed E-state index contributed by atoms with van der Waals surface area (Å²) in [6.07, 6.45) is 0.707. The topological polar surface area (TPSA) is 77.9 Å². The van der Waals surface area contributed by atoms with Crippen molar-refractivity contribution in [3.8, 4) is 0 Å². The molecule has 126 valence electrons. The highest BCUT2D eigenvalue weighted by atomic mass is 32.1. The van der Waals surface area contributed by atoms with Crippen LogP contribution in [-0.4, -0.2) is 58.9 Å². The minimum Gasteiger partial charge on any atom is -0.477 e. The van der Waals surface area contributed by atoms with Crippen LogP contribution in [0.3, 0.4) is 0 Å². The molecule has 3 heterocycles. The van der Waals surface area contributed by atoms with Gasteiger partial charge in [-0.3, -0.25) is 9.59 Å².